The predicted molar refractivity (Wildman–Crippen MR) is 80.3 cm³/mol. The minimum atomic E-state index is -0.267. The number of pyridine rings is 1. The quantitative estimate of drug-likeness (QED) is 0.680. The molecule has 1 aromatic carbocycles. The second-order valence-corrected chi connectivity index (χ2v) is 3.82. The van der Waals surface area contributed by atoms with Crippen LogP contribution >= 0.6 is 12.4 Å². The van der Waals surface area contributed by atoms with Crippen LogP contribution in [0.3, 0.4) is 0 Å². The molecule has 0 aliphatic heterocycles. The number of methoxy groups -OCH3 is 1. The molecule has 20 heavy (non-hydrogen) atoms. The van der Waals surface area contributed by atoms with Crippen molar-refractivity contribution in [3.63, 3.8) is 0 Å². The fourth-order valence-corrected chi connectivity index (χ4v) is 1.53. The van der Waals surface area contributed by atoms with Gasteiger partial charge in [0.05, 0.1) is 12.8 Å². The molecule has 0 aliphatic carbocycles. The van der Waals surface area contributed by atoms with Crippen LogP contribution in [-0.4, -0.2) is 18.3 Å². The van der Waals surface area contributed by atoms with Crippen LogP contribution in [0.25, 0.3) is 0 Å². The monoisotopic (exact) mass is 295 g/mol. The van der Waals surface area contributed by atoms with Crippen molar-refractivity contribution in [1.29, 1.82) is 0 Å². The number of hydrogen-bond acceptors (Lipinski definition) is 4. The molecule has 6 heteroatoms. The summed E-state index contributed by atoms with van der Waals surface area (Å²) in [4.78, 5) is 3.90. The number of anilines is 1. The first-order chi connectivity index (χ1) is 9.29. The maximum Gasteiger partial charge on any atom is 0.127 e. The zero-order valence-electron chi connectivity index (χ0n) is 10.9. The summed E-state index contributed by atoms with van der Waals surface area (Å²) in [7, 11) is 1.55. The van der Waals surface area contributed by atoms with Crippen LogP contribution in [0.5, 0.6) is 5.75 Å². The lowest BCUT2D eigenvalue weighted by atomic mass is 10.1. The van der Waals surface area contributed by atoms with Crippen LogP contribution < -0.4 is 10.2 Å². The highest BCUT2D eigenvalue weighted by Crippen LogP contribution is 2.16. The van der Waals surface area contributed by atoms with Crippen LogP contribution in [0, 0.1) is 5.82 Å². The number of aromatic nitrogens is 1. The van der Waals surface area contributed by atoms with Gasteiger partial charge in [0.1, 0.15) is 11.6 Å². The van der Waals surface area contributed by atoms with Gasteiger partial charge in [0.2, 0.25) is 0 Å². The fourth-order valence-electron chi connectivity index (χ4n) is 1.53. The third-order valence-electron chi connectivity index (χ3n) is 2.53. The Morgan fingerprint density at radius 3 is 2.75 bits per heavy atom. The standard InChI is InChI=1S/C14H14FN3O.ClH/c1-19-13-2-3-14(15)11(10-13)4-9-17-18-12-5-7-16-8-6-12;/h2-3,5-10H,4H2,1H3,(H,16,18);1H/b17-9+;. The van der Waals surface area contributed by atoms with E-state index in [0.717, 1.165) is 5.69 Å². The average molecular weight is 296 g/mol. The molecule has 0 bridgehead atoms. The molecule has 2 aromatic rings. The minimum Gasteiger partial charge on any atom is -0.497 e. The van der Waals surface area contributed by atoms with Crippen LogP contribution in [0.15, 0.2) is 47.8 Å². The van der Waals surface area contributed by atoms with Gasteiger partial charge in [-0.05, 0) is 35.9 Å². The van der Waals surface area contributed by atoms with E-state index >= 15 is 0 Å². The van der Waals surface area contributed by atoms with Crippen molar-refractivity contribution in [2.75, 3.05) is 12.5 Å². The van der Waals surface area contributed by atoms with Gasteiger partial charge in [-0.3, -0.25) is 10.4 Å². The summed E-state index contributed by atoms with van der Waals surface area (Å²) < 4.78 is 18.6. The van der Waals surface area contributed by atoms with Crippen molar-refractivity contribution in [2.24, 2.45) is 5.10 Å². The first-order valence-corrected chi connectivity index (χ1v) is 5.79. The average Bonchev–Trinajstić information content (AvgIpc) is 2.46. The van der Waals surface area contributed by atoms with Gasteiger partial charge in [0.25, 0.3) is 0 Å². The molecule has 0 unspecified atom stereocenters. The maximum atomic E-state index is 13.5. The smallest absolute Gasteiger partial charge is 0.127 e. The van der Waals surface area contributed by atoms with E-state index in [4.69, 9.17) is 4.74 Å². The molecular formula is C14H15ClFN3O. The van der Waals surface area contributed by atoms with E-state index < -0.39 is 0 Å². The second kappa shape index (κ2) is 8.12. The van der Waals surface area contributed by atoms with Crippen LogP contribution in [0.2, 0.25) is 0 Å². The maximum absolute atomic E-state index is 13.5. The lowest BCUT2D eigenvalue weighted by Gasteiger charge is -2.03. The molecule has 2 rings (SSSR count). The minimum absolute atomic E-state index is 0. The number of nitrogens with one attached hydrogen (secondary N) is 1. The zero-order chi connectivity index (χ0) is 13.5. The van der Waals surface area contributed by atoms with Crippen LogP contribution in [0.4, 0.5) is 10.1 Å². The molecule has 1 aromatic heterocycles. The van der Waals surface area contributed by atoms with Crippen molar-refractivity contribution in [1.82, 2.24) is 4.98 Å². The Hall–Kier alpha value is -2.14. The van der Waals surface area contributed by atoms with Crippen LogP contribution in [0.1, 0.15) is 5.56 Å². The molecule has 0 saturated heterocycles. The Kier molecular flexibility index (Phi) is 6.46. The van der Waals surface area contributed by atoms with E-state index in [1.807, 2.05) is 0 Å². The van der Waals surface area contributed by atoms with Gasteiger partial charge >= 0.3 is 0 Å². The summed E-state index contributed by atoms with van der Waals surface area (Å²) in [6, 6.07) is 8.23. The van der Waals surface area contributed by atoms with Gasteiger partial charge < -0.3 is 4.74 Å². The molecule has 0 saturated carbocycles. The SMILES string of the molecule is COc1ccc(F)c(C/C=N/Nc2ccncc2)c1.Cl. The van der Waals surface area contributed by atoms with Crippen LogP contribution in [-0.2, 0) is 6.42 Å². The topological polar surface area (TPSA) is 46.5 Å². The summed E-state index contributed by atoms with van der Waals surface area (Å²) in [5.41, 5.74) is 4.21. The molecule has 0 radical (unpaired) electrons. The highest BCUT2D eigenvalue weighted by atomic mass is 35.5. The summed E-state index contributed by atoms with van der Waals surface area (Å²) in [6.07, 6.45) is 5.33. The predicted octanol–water partition coefficient (Wildman–Crippen LogP) is 3.29. The highest BCUT2D eigenvalue weighted by Gasteiger charge is 2.02. The first kappa shape index (κ1) is 15.9. The van der Waals surface area contributed by atoms with Crippen molar-refractivity contribution in [3.8, 4) is 5.75 Å². The van der Waals surface area contributed by atoms with E-state index in [-0.39, 0.29) is 18.2 Å². The number of ether oxygens (including phenoxy) is 1. The van der Waals surface area contributed by atoms with Gasteiger partial charge in [0, 0.05) is 25.0 Å². The van der Waals surface area contributed by atoms with Gasteiger partial charge in [-0.1, -0.05) is 0 Å². The zero-order valence-corrected chi connectivity index (χ0v) is 11.7. The van der Waals surface area contributed by atoms with Gasteiger partial charge in [-0.15, -0.1) is 12.4 Å². The molecule has 1 N–H and O–H groups in total. The number of rotatable bonds is 5. The number of hydrogen-bond donors (Lipinski definition) is 1. The number of hydrazone groups is 1. The largest absolute Gasteiger partial charge is 0.497 e. The van der Waals surface area contributed by atoms with Gasteiger partial charge in [-0.2, -0.15) is 5.10 Å². The summed E-state index contributed by atoms with van der Waals surface area (Å²) in [5.74, 6) is 0.364. The Morgan fingerprint density at radius 2 is 2.05 bits per heavy atom. The molecule has 0 aliphatic rings. The van der Waals surface area contributed by atoms with E-state index in [9.17, 15) is 4.39 Å². The molecule has 106 valence electrons. The van der Waals surface area contributed by atoms with E-state index in [2.05, 4.69) is 15.5 Å². The van der Waals surface area contributed by atoms with Crippen molar-refractivity contribution in [3.05, 3.63) is 54.1 Å². The fraction of sp³-hybridized carbons (Fsp3) is 0.143. The number of nitrogens with zero attached hydrogens (tertiary/aromatic N) is 2. The molecular weight excluding hydrogens is 281 g/mol. The molecule has 0 atom stereocenters. The van der Waals surface area contributed by atoms with Crippen molar-refractivity contribution < 1.29 is 9.13 Å². The summed E-state index contributed by atoms with van der Waals surface area (Å²) in [6.45, 7) is 0. The lowest BCUT2D eigenvalue weighted by molar-refractivity contribution is 0.413. The van der Waals surface area contributed by atoms with E-state index in [1.54, 1.807) is 50.0 Å². The normalized spacial score (nSPS) is 10.1. The van der Waals surface area contributed by atoms with E-state index in [0.29, 0.717) is 17.7 Å². The summed E-state index contributed by atoms with van der Waals surface area (Å²) in [5, 5.41) is 4.02. The first-order valence-electron chi connectivity index (χ1n) is 5.79. The lowest BCUT2D eigenvalue weighted by Crippen LogP contribution is -1.96. The van der Waals surface area contributed by atoms with Gasteiger partial charge in [-0.25, -0.2) is 4.39 Å². The third-order valence-corrected chi connectivity index (χ3v) is 2.53. The summed E-state index contributed by atoms with van der Waals surface area (Å²) >= 11 is 0. The van der Waals surface area contributed by atoms with Crippen molar-refractivity contribution in [2.45, 2.75) is 6.42 Å². The Morgan fingerprint density at radius 1 is 1.30 bits per heavy atom. The van der Waals surface area contributed by atoms with E-state index in [1.165, 1.54) is 6.07 Å². The molecule has 0 fully saturated rings. The third kappa shape index (κ3) is 4.51. The Bertz CT molecular complexity index is 564. The second-order valence-electron chi connectivity index (χ2n) is 3.82. The number of halogens is 2. The highest BCUT2D eigenvalue weighted by molar-refractivity contribution is 5.85. The molecule has 0 spiro atoms. The molecule has 0 amide bonds. The molecule has 1 heterocycles. The Balaban J connectivity index is 0.00000200. The number of benzene rings is 1. The van der Waals surface area contributed by atoms with Gasteiger partial charge in [0.15, 0.2) is 0 Å². The Labute approximate surface area is 123 Å². The molecule has 4 nitrogen and oxygen atoms in total. The van der Waals surface area contributed by atoms with Crippen molar-refractivity contribution >= 4 is 24.3 Å².